The summed E-state index contributed by atoms with van der Waals surface area (Å²) in [7, 11) is 3.26. The first-order valence-electron chi connectivity index (χ1n) is 11.2. The third kappa shape index (κ3) is 6.09. The Hall–Kier alpha value is -4.59. The quantitative estimate of drug-likeness (QED) is 0.327. The van der Waals surface area contributed by atoms with Crippen LogP contribution < -0.4 is 18.9 Å². The van der Waals surface area contributed by atoms with Crippen molar-refractivity contribution in [3.05, 3.63) is 84.2 Å². The molecule has 0 radical (unpaired) electrons. The van der Waals surface area contributed by atoms with Crippen molar-refractivity contribution in [1.82, 2.24) is 9.97 Å². The fraction of sp³-hybridized carbons (Fsp3) is 0.179. The molecule has 1 N–H and O–H groups in total. The van der Waals surface area contributed by atoms with E-state index in [4.69, 9.17) is 34.0 Å². The Bertz CT molecular complexity index is 1270. The maximum atomic E-state index is 10.8. The Balaban J connectivity index is 1.61. The molecule has 0 saturated heterocycles. The average Bonchev–Trinajstić information content (AvgIpc) is 2.91. The lowest BCUT2D eigenvalue weighted by Gasteiger charge is -2.12. The van der Waals surface area contributed by atoms with Gasteiger partial charge in [0.2, 0.25) is 0 Å². The maximum Gasteiger partial charge on any atom is 0.341 e. The van der Waals surface area contributed by atoms with Gasteiger partial charge in [0.25, 0.3) is 0 Å². The molecule has 0 spiro atoms. The topological polar surface area (TPSA) is 100 Å². The number of nitrogens with zero attached hydrogens (tertiary/aromatic N) is 2. The van der Waals surface area contributed by atoms with Crippen molar-refractivity contribution in [2.45, 2.75) is 13.5 Å². The second-order valence-corrected chi connectivity index (χ2v) is 7.91. The molecule has 3 aromatic carbocycles. The van der Waals surface area contributed by atoms with Crippen molar-refractivity contribution < 1.29 is 28.8 Å². The zero-order valence-corrected chi connectivity index (χ0v) is 20.2. The molecule has 8 heteroatoms. The largest absolute Gasteiger partial charge is 0.497 e. The average molecular weight is 487 g/mol. The van der Waals surface area contributed by atoms with Crippen molar-refractivity contribution in [2.24, 2.45) is 0 Å². The Morgan fingerprint density at radius 3 is 1.75 bits per heavy atom. The lowest BCUT2D eigenvalue weighted by atomic mass is 10.1. The minimum atomic E-state index is -1.03. The molecule has 0 bridgehead atoms. The number of carboxylic acids is 1. The number of aliphatic carboxylic acids is 1. The molecule has 0 unspecified atom stereocenters. The Morgan fingerprint density at radius 1 is 0.750 bits per heavy atom. The summed E-state index contributed by atoms with van der Waals surface area (Å²) >= 11 is 0. The van der Waals surface area contributed by atoms with Crippen LogP contribution >= 0.6 is 0 Å². The number of aromatic nitrogens is 2. The molecule has 0 amide bonds. The molecule has 1 heterocycles. The van der Waals surface area contributed by atoms with Crippen LogP contribution in [0.2, 0.25) is 0 Å². The third-order valence-corrected chi connectivity index (χ3v) is 5.41. The molecule has 1 aromatic heterocycles. The highest BCUT2D eigenvalue weighted by Gasteiger charge is 2.11. The van der Waals surface area contributed by atoms with Gasteiger partial charge in [-0.05, 0) is 85.3 Å². The minimum Gasteiger partial charge on any atom is -0.497 e. The van der Waals surface area contributed by atoms with Gasteiger partial charge in [0.05, 0.1) is 25.6 Å². The van der Waals surface area contributed by atoms with Gasteiger partial charge in [0, 0.05) is 11.1 Å². The summed E-state index contributed by atoms with van der Waals surface area (Å²) in [6.45, 7) is 1.57. The molecule has 0 saturated carbocycles. The Morgan fingerprint density at radius 2 is 1.28 bits per heavy atom. The highest BCUT2D eigenvalue weighted by Crippen LogP contribution is 2.28. The predicted octanol–water partition coefficient (Wildman–Crippen LogP) is 5.18. The Kier molecular flexibility index (Phi) is 7.65. The van der Waals surface area contributed by atoms with E-state index in [0.717, 1.165) is 39.6 Å². The summed E-state index contributed by atoms with van der Waals surface area (Å²) in [5.41, 5.74) is 4.12. The molecule has 0 fully saturated rings. The van der Waals surface area contributed by atoms with Crippen LogP contribution in [0.3, 0.4) is 0 Å². The van der Waals surface area contributed by atoms with Crippen molar-refractivity contribution in [3.8, 4) is 45.5 Å². The molecule has 184 valence electrons. The summed E-state index contributed by atoms with van der Waals surface area (Å²) in [5.74, 6) is 2.09. The van der Waals surface area contributed by atoms with Crippen LogP contribution in [-0.4, -0.2) is 41.9 Å². The van der Waals surface area contributed by atoms with E-state index in [2.05, 4.69) is 0 Å². The van der Waals surface area contributed by atoms with Crippen LogP contribution in [0.4, 0.5) is 0 Å². The number of hydrogen-bond donors (Lipinski definition) is 1. The summed E-state index contributed by atoms with van der Waals surface area (Å²) in [4.78, 5) is 20.2. The minimum absolute atomic E-state index is 0.141. The number of rotatable bonds is 10. The lowest BCUT2D eigenvalue weighted by Crippen LogP contribution is -2.10. The monoisotopic (exact) mass is 486 g/mol. The van der Waals surface area contributed by atoms with E-state index in [1.54, 1.807) is 32.4 Å². The van der Waals surface area contributed by atoms with E-state index in [9.17, 15) is 4.79 Å². The van der Waals surface area contributed by atoms with Gasteiger partial charge in [0.1, 0.15) is 29.6 Å². The SMILES string of the molecule is COc1ccc(-c2cc(-c3ccc(OC)cc3)nc(COc3ccc(OCC(=O)O)c(C)c3)n2)cc1. The molecule has 0 aliphatic heterocycles. The fourth-order valence-corrected chi connectivity index (χ4v) is 3.54. The molecule has 0 atom stereocenters. The number of carbonyl (C=O) groups is 1. The lowest BCUT2D eigenvalue weighted by molar-refractivity contribution is -0.139. The smallest absolute Gasteiger partial charge is 0.341 e. The second kappa shape index (κ2) is 11.2. The molecular formula is C28H26N2O6. The van der Waals surface area contributed by atoms with Crippen LogP contribution in [0.1, 0.15) is 11.4 Å². The van der Waals surface area contributed by atoms with Crippen LogP contribution in [0.15, 0.2) is 72.8 Å². The van der Waals surface area contributed by atoms with Gasteiger partial charge >= 0.3 is 5.97 Å². The van der Waals surface area contributed by atoms with E-state index < -0.39 is 12.6 Å². The highest BCUT2D eigenvalue weighted by molar-refractivity contribution is 5.69. The van der Waals surface area contributed by atoms with Crippen molar-refractivity contribution in [2.75, 3.05) is 20.8 Å². The van der Waals surface area contributed by atoms with Crippen LogP contribution in [-0.2, 0) is 11.4 Å². The standard InChI is InChI=1S/C28H26N2O6/c1-18-14-23(12-13-26(18)36-17-28(31)32)35-16-27-29-24(19-4-8-21(33-2)9-5-19)15-25(30-27)20-6-10-22(34-3)11-7-20/h4-15H,16-17H2,1-3H3,(H,31,32). The fourth-order valence-electron chi connectivity index (χ4n) is 3.54. The molecule has 4 rings (SSSR count). The summed E-state index contributed by atoms with van der Waals surface area (Å²) in [6.07, 6.45) is 0. The molecule has 0 aliphatic carbocycles. The molecular weight excluding hydrogens is 460 g/mol. The second-order valence-electron chi connectivity index (χ2n) is 7.91. The number of carboxylic acid groups (broad SMARTS) is 1. The van der Waals surface area contributed by atoms with E-state index in [1.165, 1.54) is 0 Å². The van der Waals surface area contributed by atoms with Crippen molar-refractivity contribution in [1.29, 1.82) is 0 Å². The summed E-state index contributed by atoms with van der Waals surface area (Å²) in [6, 6.07) is 22.5. The summed E-state index contributed by atoms with van der Waals surface area (Å²) < 4.78 is 21.8. The molecule has 4 aromatic rings. The summed E-state index contributed by atoms with van der Waals surface area (Å²) in [5, 5.41) is 8.82. The molecule has 8 nitrogen and oxygen atoms in total. The number of methoxy groups -OCH3 is 2. The van der Waals surface area contributed by atoms with E-state index in [-0.39, 0.29) is 6.61 Å². The van der Waals surface area contributed by atoms with Crippen molar-refractivity contribution in [3.63, 3.8) is 0 Å². The highest BCUT2D eigenvalue weighted by atomic mass is 16.5. The first kappa shape index (κ1) is 24.5. The Labute approximate surface area is 209 Å². The third-order valence-electron chi connectivity index (χ3n) is 5.41. The number of ether oxygens (including phenoxy) is 4. The van der Waals surface area contributed by atoms with Gasteiger partial charge in [-0.25, -0.2) is 14.8 Å². The number of benzene rings is 3. The van der Waals surface area contributed by atoms with E-state index >= 15 is 0 Å². The maximum absolute atomic E-state index is 10.8. The van der Waals surface area contributed by atoms with Crippen LogP contribution in [0, 0.1) is 6.92 Å². The van der Waals surface area contributed by atoms with Gasteiger partial charge in [-0.15, -0.1) is 0 Å². The van der Waals surface area contributed by atoms with Gasteiger partial charge in [-0.3, -0.25) is 0 Å². The van der Waals surface area contributed by atoms with Gasteiger partial charge in [-0.1, -0.05) is 0 Å². The zero-order valence-electron chi connectivity index (χ0n) is 20.2. The van der Waals surface area contributed by atoms with Crippen LogP contribution in [0.25, 0.3) is 22.5 Å². The van der Waals surface area contributed by atoms with Crippen LogP contribution in [0.5, 0.6) is 23.0 Å². The molecule has 36 heavy (non-hydrogen) atoms. The zero-order chi connectivity index (χ0) is 25.5. The number of aryl methyl sites for hydroxylation is 1. The van der Waals surface area contributed by atoms with Crippen molar-refractivity contribution >= 4 is 5.97 Å². The number of hydrogen-bond acceptors (Lipinski definition) is 7. The normalized spacial score (nSPS) is 10.5. The molecule has 0 aliphatic rings. The van der Waals surface area contributed by atoms with E-state index in [0.29, 0.717) is 17.3 Å². The first-order valence-corrected chi connectivity index (χ1v) is 11.2. The van der Waals surface area contributed by atoms with Gasteiger partial charge < -0.3 is 24.1 Å². The van der Waals surface area contributed by atoms with E-state index in [1.807, 2.05) is 61.5 Å². The van der Waals surface area contributed by atoms with Gasteiger partial charge in [0.15, 0.2) is 12.4 Å². The predicted molar refractivity (Wildman–Crippen MR) is 135 cm³/mol. The first-order chi connectivity index (χ1) is 17.4. The van der Waals surface area contributed by atoms with Gasteiger partial charge in [-0.2, -0.15) is 0 Å².